The second-order valence-corrected chi connectivity index (χ2v) is 10.0. The Hall–Kier alpha value is -4.17. The summed E-state index contributed by atoms with van der Waals surface area (Å²) in [7, 11) is 1.58. The number of carbonyl (C=O) groups is 3. The Morgan fingerprint density at radius 3 is 2.15 bits per heavy atom. The van der Waals surface area contributed by atoms with E-state index in [-0.39, 0.29) is 24.3 Å². The Morgan fingerprint density at radius 1 is 0.897 bits per heavy atom. The van der Waals surface area contributed by atoms with E-state index in [2.05, 4.69) is 5.32 Å². The minimum Gasteiger partial charge on any atom is -0.497 e. The minimum atomic E-state index is -0.965. The summed E-state index contributed by atoms with van der Waals surface area (Å²) in [6.07, 6.45) is 0.823. The number of nitrogens with zero attached hydrogens (tertiary/aromatic N) is 2. The van der Waals surface area contributed by atoms with Gasteiger partial charge >= 0.3 is 0 Å². The summed E-state index contributed by atoms with van der Waals surface area (Å²) in [5, 5.41) is 2.98. The van der Waals surface area contributed by atoms with E-state index in [1.54, 1.807) is 53.3 Å². The topological polar surface area (TPSA) is 88.2 Å². The lowest BCUT2D eigenvalue weighted by atomic mass is 9.96. The lowest BCUT2D eigenvalue weighted by Crippen LogP contribution is -2.59. The Morgan fingerprint density at radius 2 is 1.51 bits per heavy atom. The Bertz CT molecular complexity index is 1320. The van der Waals surface area contributed by atoms with Crippen molar-refractivity contribution in [1.82, 2.24) is 15.1 Å². The molecule has 0 bridgehead atoms. The first-order valence-corrected chi connectivity index (χ1v) is 13.2. The Labute approximate surface area is 228 Å². The first kappa shape index (κ1) is 26.4. The number of amides is 3. The van der Waals surface area contributed by atoms with Crippen LogP contribution < -0.4 is 10.1 Å². The maximum absolute atomic E-state index is 13.9. The van der Waals surface area contributed by atoms with Gasteiger partial charge in [0, 0.05) is 43.6 Å². The molecule has 2 saturated heterocycles. The number of hydrogen-bond donors (Lipinski definition) is 1. The molecule has 5 rings (SSSR count). The molecule has 3 aromatic rings. The van der Waals surface area contributed by atoms with Crippen LogP contribution in [0.1, 0.15) is 44.7 Å². The summed E-state index contributed by atoms with van der Waals surface area (Å²) >= 11 is 0. The van der Waals surface area contributed by atoms with Crippen molar-refractivity contribution in [3.05, 3.63) is 101 Å². The number of hydrogen-bond acceptors (Lipinski definition) is 5. The van der Waals surface area contributed by atoms with Crippen LogP contribution in [0.3, 0.4) is 0 Å². The molecule has 2 aliphatic heterocycles. The second kappa shape index (κ2) is 11.3. The highest BCUT2D eigenvalue weighted by Crippen LogP contribution is 2.39. The number of nitrogens with one attached hydrogen (secondary N) is 1. The van der Waals surface area contributed by atoms with E-state index in [1.165, 1.54) is 0 Å². The van der Waals surface area contributed by atoms with Crippen LogP contribution >= 0.6 is 0 Å². The van der Waals surface area contributed by atoms with Gasteiger partial charge in [-0.2, -0.15) is 0 Å². The number of methoxy groups -OCH3 is 1. The fraction of sp³-hybridized carbons (Fsp3) is 0.323. The molecule has 0 saturated carbocycles. The van der Waals surface area contributed by atoms with E-state index < -0.39 is 11.8 Å². The van der Waals surface area contributed by atoms with Crippen LogP contribution in [0.25, 0.3) is 0 Å². The zero-order chi connectivity index (χ0) is 27.4. The van der Waals surface area contributed by atoms with Gasteiger partial charge in [0.15, 0.2) is 0 Å². The van der Waals surface area contributed by atoms with Gasteiger partial charge < -0.3 is 19.7 Å². The monoisotopic (exact) mass is 527 g/mol. The van der Waals surface area contributed by atoms with Gasteiger partial charge in [-0.25, -0.2) is 0 Å². The highest BCUT2D eigenvalue weighted by molar-refractivity contribution is 5.98. The molecule has 1 spiro atoms. The predicted molar refractivity (Wildman–Crippen MR) is 146 cm³/mol. The number of piperidine rings is 1. The number of aryl methyl sites for hydroxylation is 1. The van der Waals surface area contributed by atoms with Crippen LogP contribution in [0.15, 0.2) is 78.9 Å². The maximum atomic E-state index is 13.9. The lowest BCUT2D eigenvalue weighted by molar-refractivity contribution is -0.128. The minimum absolute atomic E-state index is 0.0842. The van der Waals surface area contributed by atoms with E-state index >= 15 is 0 Å². The zero-order valence-electron chi connectivity index (χ0n) is 22.3. The predicted octanol–water partition coefficient (Wildman–Crippen LogP) is 3.79. The van der Waals surface area contributed by atoms with Crippen molar-refractivity contribution in [3.8, 4) is 5.75 Å². The molecule has 1 atom stereocenters. The molecule has 8 nitrogen and oxygen atoms in total. The van der Waals surface area contributed by atoms with Crippen molar-refractivity contribution in [2.45, 2.75) is 38.1 Å². The highest BCUT2D eigenvalue weighted by atomic mass is 16.5. The van der Waals surface area contributed by atoms with Gasteiger partial charge in [-0.15, -0.1) is 0 Å². The van der Waals surface area contributed by atoms with Crippen LogP contribution in [0, 0.1) is 6.92 Å². The van der Waals surface area contributed by atoms with Gasteiger partial charge in [0.25, 0.3) is 11.8 Å². The van der Waals surface area contributed by atoms with E-state index in [1.807, 2.05) is 49.4 Å². The number of carbonyl (C=O) groups excluding carboxylic acids is 3. The van der Waals surface area contributed by atoms with Gasteiger partial charge in [0.2, 0.25) is 5.91 Å². The summed E-state index contributed by atoms with van der Waals surface area (Å²) < 4.78 is 11.5. The first-order chi connectivity index (χ1) is 18.9. The Kier molecular flexibility index (Phi) is 7.65. The number of ether oxygens (including phenoxy) is 2. The van der Waals surface area contributed by atoms with Crippen LogP contribution in [0.2, 0.25) is 0 Å². The first-order valence-electron chi connectivity index (χ1n) is 13.2. The average Bonchev–Trinajstić information content (AvgIpc) is 3.35. The molecule has 3 aromatic carbocycles. The molecule has 2 heterocycles. The fourth-order valence-electron chi connectivity index (χ4n) is 5.28. The summed E-state index contributed by atoms with van der Waals surface area (Å²) in [6, 6.07) is 23.2. The van der Waals surface area contributed by atoms with Crippen LogP contribution in [-0.2, 0) is 16.1 Å². The summed E-state index contributed by atoms with van der Waals surface area (Å²) in [5.74, 6) is 0.0969. The molecule has 0 aromatic heterocycles. The quantitative estimate of drug-likeness (QED) is 0.527. The van der Waals surface area contributed by atoms with Crippen molar-refractivity contribution in [3.63, 3.8) is 0 Å². The van der Waals surface area contributed by atoms with Gasteiger partial charge in [0.05, 0.1) is 13.7 Å². The third-order valence-electron chi connectivity index (χ3n) is 7.56. The number of benzene rings is 3. The van der Waals surface area contributed by atoms with Crippen molar-refractivity contribution in [1.29, 1.82) is 0 Å². The third-order valence-corrected chi connectivity index (χ3v) is 7.56. The van der Waals surface area contributed by atoms with E-state index in [9.17, 15) is 14.4 Å². The maximum Gasteiger partial charge on any atom is 0.256 e. The number of likely N-dealkylation sites (tertiary alicyclic amines) is 1. The van der Waals surface area contributed by atoms with Crippen LogP contribution in [0.5, 0.6) is 5.75 Å². The third kappa shape index (κ3) is 5.52. The Balaban J connectivity index is 1.34. The average molecular weight is 528 g/mol. The molecule has 0 aliphatic carbocycles. The van der Waals surface area contributed by atoms with Crippen molar-refractivity contribution >= 4 is 17.7 Å². The normalized spacial score (nSPS) is 18.2. The molecule has 8 heteroatoms. The van der Waals surface area contributed by atoms with Gasteiger partial charge in [-0.05, 0) is 48.9 Å². The molecule has 2 fully saturated rings. The molecular weight excluding hydrogens is 494 g/mol. The molecule has 0 radical (unpaired) electrons. The molecule has 0 unspecified atom stereocenters. The lowest BCUT2D eigenvalue weighted by Gasteiger charge is -2.44. The standard InChI is InChI=1S/C31H33N3O5/c1-22-8-10-25(11-9-22)30(37)34-27(28(35)32-20-23-6-4-3-5-7-23)21-39-31(34)16-18-33(19-17-31)29(36)24-12-14-26(38-2)15-13-24/h3-15,27H,16-21H2,1-2H3,(H,32,35)/t27-/m1/s1. The van der Waals surface area contributed by atoms with Crippen molar-refractivity contribution in [2.75, 3.05) is 26.8 Å². The molecule has 1 N–H and O–H groups in total. The molecule has 202 valence electrons. The fourth-order valence-corrected chi connectivity index (χ4v) is 5.28. The molecule has 3 amide bonds. The van der Waals surface area contributed by atoms with E-state index in [0.29, 0.717) is 49.4 Å². The SMILES string of the molecule is COc1ccc(C(=O)N2CCC3(CC2)OC[C@H](C(=O)NCc2ccccc2)N3C(=O)c2ccc(C)cc2)cc1. The molecular formula is C31H33N3O5. The molecule has 39 heavy (non-hydrogen) atoms. The molecule has 2 aliphatic rings. The summed E-state index contributed by atoms with van der Waals surface area (Å²) in [6.45, 7) is 3.23. The number of rotatable bonds is 6. The zero-order valence-corrected chi connectivity index (χ0v) is 22.3. The summed E-state index contributed by atoms with van der Waals surface area (Å²) in [4.78, 5) is 43.8. The van der Waals surface area contributed by atoms with E-state index in [0.717, 1.165) is 11.1 Å². The van der Waals surface area contributed by atoms with Crippen LogP contribution in [0.4, 0.5) is 0 Å². The summed E-state index contributed by atoms with van der Waals surface area (Å²) in [5.41, 5.74) is 2.13. The highest BCUT2D eigenvalue weighted by Gasteiger charge is 2.54. The second-order valence-electron chi connectivity index (χ2n) is 10.0. The largest absolute Gasteiger partial charge is 0.497 e. The smallest absolute Gasteiger partial charge is 0.256 e. The van der Waals surface area contributed by atoms with Gasteiger partial charge in [-0.3, -0.25) is 19.3 Å². The van der Waals surface area contributed by atoms with E-state index in [4.69, 9.17) is 9.47 Å². The van der Waals surface area contributed by atoms with Crippen molar-refractivity contribution < 1.29 is 23.9 Å². The van der Waals surface area contributed by atoms with Crippen LogP contribution in [-0.4, -0.2) is 66.1 Å². The van der Waals surface area contributed by atoms with Gasteiger partial charge in [-0.1, -0.05) is 48.0 Å². The van der Waals surface area contributed by atoms with Crippen molar-refractivity contribution in [2.24, 2.45) is 0 Å². The van der Waals surface area contributed by atoms with Gasteiger partial charge in [0.1, 0.15) is 17.5 Å².